The van der Waals surface area contributed by atoms with Crippen molar-refractivity contribution >= 4 is 34.4 Å². The standard InChI is InChI=1S/C20H23Cl2N5/c1-12(2)14-8-9-23-15(10-14)19-25-18-16(17(21)24-20(22)26-18)27(19)11-13-6-4-3-5-7-13/h8-10,12-13H,3-7,11H2,1-2H3. The predicted octanol–water partition coefficient (Wildman–Crippen LogP) is 5.90. The van der Waals surface area contributed by atoms with Gasteiger partial charge in [0.05, 0.1) is 0 Å². The van der Waals surface area contributed by atoms with Crippen LogP contribution in [-0.4, -0.2) is 24.5 Å². The topological polar surface area (TPSA) is 56.5 Å². The molecule has 0 saturated heterocycles. The van der Waals surface area contributed by atoms with Crippen LogP contribution in [0, 0.1) is 5.92 Å². The Morgan fingerprint density at radius 3 is 2.63 bits per heavy atom. The van der Waals surface area contributed by atoms with Crippen LogP contribution in [0.15, 0.2) is 18.3 Å². The zero-order valence-corrected chi connectivity index (χ0v) is 17.1. The van der Waals surface area contributed by atoms with Gasteiger partial charge in [-0.15, -0.1) is 0 Å². The summed E-state index contributed by atoms with van der Waals surface area (Å²) in [6.07, 6.45) is 8.18. The molecule has 3 aromatic rings. The van der Waals surface area contributed by atoms with Gasteiger partial charge in [-0.05, 0) is 54.0 Å². The van der Waals surface area contributed by atoms with Crippen molar-refractivity contribution in [3.63, 3.8) is 0 Å². The van der Waals surface area contributed by atoms with Gasteiger partial charge in [0, 0.05) is 12.7 Å². The second-order valence-electron chi connectivity index (χ2n) is 7.63. The van der Waals surface area contributed by atoms with E-state index in [9.17, 15) is 0 Å². The van der Waals surface area contributed by atoms with Crippen molar-refractivity contribution in [1.82, 2.24) is 24.5 Å². The van der Waals surface area contributed by atoms with Gasteiger partial charge in [0.1, 0.15) is 11.2 Å². The van der Waals surface area contributed by atoms with Gasteiger partial charge in [0.25, 0.3) is 0 Å². The molecule has 4 rings (SSSR count). The second-order valence-corrected chi connectivity index (χ2v) is 8.33. The number of imidazole rings is 1. The highest BCUT2D eigenvalue weighted by Crippen LogP contribution is 2.32. The number of pyridine rings is 1. The molecule has 1 saturated carbocycles. The predicted molar refractivity (Wildman–Crippen MR) is 109 cm³/mol. The van der Waals surface area contributed by atoms with Gasteiger partial charge in [0.15, 0.2) is 16.6 Å². The van der Waals surface area contributed by atoms with E-state index in [0.29, 0.717) is 22.6 Å². The van der Waals surface area contributed by atoms with Gasteiger partial charge in [0.2, 0.25) is 5.28 Å². The van der Waals surface area contributed by atoms with Gasteiger partial charge in [-0.3, -0.25) is 4.98 Å². The third kappa shape index (κ3) is 3.81. The first-order valence-corrected chi connectivity index (χ1v) is 10.3. The van der Waals surface area contributed by atoms with E-state index < -0.39 is 0 Å². The molecular formula is C20H23Cl2N5. The number of hydrogen-bond donors (Lipinski definition) is 0. The minimum Gasteiger partial charge on any atom is -0.318 e. The summed E-state index contributed by atoms with van der Waals surface area (Å²) >= 11 is 12.5. The monoisotopic (exact) mass is 403 g/mol. The van der Waals surface area contributed by atoms with Crippen molar-refractivity contribution in [1.29, 1.82) is 0 Å². The number of hydrogen-bond acceptors (Lipinski definition) is 4. The maximum absolute atomic E-state index is 6.45. The maximum Gasteiger partial charge on any atom is 0.225 e. The molecule has 1 aliphatic carbocycles. The van der Waals surface area contributed by atoms with Crippen molar-refractivity contribution < 1.29 is 0 Å². The molecule has 0 N–H and O–H groups in total. The lowest BCUT2D eigenvalue weighted by Crippen LogP contribution is -2.15. The molecular weight excluding hydrogens is 381 g/mol. The summed E-state index contributed by atoms with van der Waals surface area (Å²) in [5, 5.41) is 0.463. The van der Waals surface area contributed by atoms with E-state index in [4.69, 9.17) is 28.2 Å². The number of nitrogens with zero attached hydrogens (tertiary/aromatic N) is 5. The van der Waals surface area contributed by atoms with Crippen LogP contribution < -0.4 is 0 Å². The molecule has 5 nitrogen and oxygen atoms in total. The molecule has 0 amide bonds. The van der Waals surface area contributed by atoms with Crippen LogP contribution in [0.1, 0.15) is 57.4 Å². The van der Waals surface area contributed by atoms with Crippen LogP contribution in [0.4, 0.5) is 0 Å². The fourth-order valence-corrected chi connectivity index (χ4v) is 4.37. The number of aromatic nitrogens is 5. The van der Waals surface area contributed by atoms with E-state index in [1.807, 2.05) is 12.3 Å². The largest absolute Gasteiger partial charge is 0.318 e. The fourth-order valence-electron chi connectivity index (χ4n) is 3.90. The maximum atomic E-state index is 6.45. The molecule has 1 aliphatic rings. The zero-order chi connectivity index (χ0) is 19.0. The molecule has 0 unspecified atom stereocenters. The molecule has 0 aromatic carbocycles. The fraction of sp³-hybridized carbons (Fsp3) is 0.500. The zero-order valence-electron chi connectivity index (χ0n) is 15.6. The molecule has 3 aromatic heterocycles. The van der Waals surface area contributed by atoms with Crippen molar-refractivity contribution in [2.24, 2.45) is 5.92 Å². The number of halogens is 2. The molecule has 0 radical (unpaired) electrons. The van der Waals surface area contributed by atoms with E-state index in [-0.39, 0.29) is 5.28 Å². The van der Waals surface area contributed by atoms with Crippen LogP contribution in [0.25, 0.3) is 22.7 Å². The van der Waals surface area contributed by atoms with Crippen molar-refractivity contribution in [2.45, 2.75) is 58.4 Å². The van der Waals surface area contributed by atoms with Crippen molar-refractivity contribution in [3.8, 4) is 11.5 Å². The van der Waals surface area contributed by atoms with Crippen LogP contribution in [-0.2, 0) is 6.54 Å². The van der Waals surface area contributed by atoms with E-state index in [1.165, 1.54) is 37.7 Å². The summed E-state index contributed by atoms with van der Waals surface area (Å²) in [6.45, 7) is 5.20. The lowest BCUT2D eigenvalue weighted by atomic mass is 9.89. The highest BCUT2D eigenvalue weighted by atomic mass is 35.5. The SMILES string of the molecule is CC(C)c1ccnc(-c2nc3nc(Cl)nc(Cl)c3n2CC2CCCCC2)c1. The van der Waals surface area contributed by atoms with Gasteiger partial charge < -0.3 is 4.57 Å². The Bertz CT molecular complexity index is 960. The van der Waals surface area contributed by atoms with Crippen molar-refractivity contribution in [3.05, 3.63) is 34.3 Å². The Labute approximate surface area is 169 Å². The Morgan fingerprint density at radius 1 is 1.11 bits per heavy atom. The second kappa shape index (κ2) is 7.72. The Balaban J connectivity index is 1.86. The lowest BCUT2D eigenvalue weighted by molar-refractivity contribution is 0.323. The summed E-state index contributed by atoms with van der Waals surface area (Å²) in [4.78, 5) is 17.8. The van der Waals surface area contributed by atoms with E-state index in [1.54, 1.807) is 0 Å². The third-order valence-corrected chi connectivity index (χ3v) is 5.81. The number of fused-ring (bicyclic) bond motifs is 1. The molecule has 0 atom stereocenters. The molecule has 3 heterocycles. The summed E-state index contributed by atoms with van der Waals surface area (Å²) in [7, 11) is 0. The van der Waals surface area contributed by atoms with Gasteiger partial charge >= 0.3 is 0 Å². The normalized spacial score (nSPS) is 15.7. The van der Waals surface area contributed by atoms with Gasteiger partial charge in [-0.2, -0.15) is 4.98 Å². The molecule has 0 bridgehead atoms. The highest BCUT2D eigenvalue weighted by molar-refractivity contribution is 6.35. The van der Waals surface area contributed by atoms with E-state index in [0.717, 1.165) is 23.6 Å². The summed E-state index contributed by atoms with van der Waals surface area (Å²) in [5.74, 6) is 1.81. The van der Waals surface area contributed by atoms with E-state index >= 15 is 0 Å². The molecule has 0 aliphatic heterocycles. The Kier molecular flexibility index (Phi) is 5.33. The molecule has 142 valence electrons. The quantitative estimate of drug-likeness (QED) is 0.401. The van der Waals surface area contributed by atoms with Crippen LogP contribution in [0.5, 0.6) is 0 Å². The Morgan fingerprint density at radius 2 is 1.89 bits per heavy atom. The lowest BCUT2D eigenvalue weighted by Gasteiger charge is -2.23. The van der Waals surface area contributed by atoms with Gasteiger partial charge in [-0.25, -0.2) is 9.97 Å². The first kappa shape index (κ1) is 18.6. The van der Waals surface area contributed by atoms with Crippen molar-refractivity contribution in [2.75, 3.05) is 0 Å². The molecule has 0 spiro atoms. The summed E-state index contributed by atoms with van der Waals surface area (Å²) in [5.41, 5.74) is 3.34. The van der Waals surface area contributed by atoms with Crippen LogP contribution >= 0.6 is 23.2 Å². The molecule has 1 fully saturated rings. The smallest absolute Gasteiger partial charge is 0.225 e. The summed E-state index contributed by atoms with van der Waals surface area (Å²) in [6, 6.07) is 4.15. The van der Waals surface area contributed by atoms with Crippen LogP contribution in [0.2, 0.25) is 10.4 Å². The Hall–Kier alpha value is -1.72. The summed E-state index contributed by atoms with van der Waals surface area (Å²) < 4.78 is 2.15. The first-order valence-electron chi connectivity index (χ1n) is 9.58. The highest BCUT2D eigenvalue weighted by Gasteiger charge is 2.23. The third-order valence-electron chi connectivity index (χ3n) is 5.38. The minimum atomic E-state index is 0.116. The van der Waals surface area contributed by atoms with Crippen LogP contribution in [0.3, 0.4) is 0 Å². The molecule has 27 heavy (non-hydrogen) atoms. The number of rotatable bonds is 4. The average molecular weight is 404 g/mol. The van der Waals surface area contributed by atoms with E-state index in [2.05, 4.69) is 39.4 Å². The van der Waals surface area contributed by atoms with Gasteiger partial charge in [-0.1, -0.05) is 44.7 Å². The first-order chi connectivity index (χ1) is 13.0. The molecule has 7 heteroatoms. The minimum absolute atomic E-state index is 0.116. The average Bonchev–Trinajstić information content (AvgIpc) is 3.01.